The Kier molecular flexibility index (Phi) is 5.83. The van der Waals surface area contributed by atoms with Crippen LogP contribution >= 0.6 is 11.3 Å². The third-order valence-electron chi connectivity index (χ3n) is 5.37. The number of amides is 1. The fourth-order valence-corrected chi connectivity index (χ4v) is 4.52. The molecule has 2 aromatic heterocycles. The average Bonchev–Trinajstić information content (AvgIpc) is 3.38. The number of likely N-dealkylation sites (tertiary alicyclic amines) is 1. The molecule has 7 heteroatoms. The molecule has 1 saturated heterocycles. The van der Waals surface area contributed by atoms with Crippen LogP contribution in [0.4, 0.5) is 0 Å². The topological polar surface area (TPSA) is 63.1 Å². The van der Waals surface area contributed by atoms with Gasteiger partial charge in [-0.25, -0.2) is 4.68 Å². The van der Waals surface area contributed by atoms with E-state index in [0.29, 0.717) is 6.42 Å². The molecule has 2 atom stereocenters. The molecule has 4 rings (SSSR count). The van der Waals surface area contributed by atoms with E-state index in [0.717, 1.165) is 42.2 Å². The lowest BCUT2D eigenvalue weighted by Gasteiger charge is -2.39. The van der Waals surface area contributed by atoms with Gasteiger partial charge in [0, 0.05) is 23.5 Å². The predicted molar refractivity (Wildman–Crippen MR) is 110 cm³/mol. The molecule has 3 aromatic rings. The van der Waals surface area contributed by atoms with E-state index in [-0.39, 0.29) is 18.0 Å². The average molecular weight is 396 g/mol. The summed E-state index contributed by atoms with van der Waals surface area (Å²) < 4.78 is 1.89. The summed E-state index contributed by atoms with van der Waals surface area (Å²) in [6.07, 6.45) is 4.38. The minimum absolute atomic E-state index is 0.108. The number of nitrogens with one attached hydrogen (secondary N) is 1. The Balaban J connectivity index is 1.41. The minimum Gasteiger partial charge on any atom is -0.351 e. The number of rotatable bonds is 6. The molecule has 1 N–H and O–H groups in total. The molecule has 0 saturated carbocycles. The number of hydrogen-bond acceptors (Lipinski definition) is 5. The van der Waals surface area contributed by atoms with E-state index in [1.807, 2.05) is 58.7 Å². The number of nitrogens with zero attached hydrogens (tertiary/aromatic N) is 4. The molecule has 0 radical (unpaired) electrons. The largest absolute Gasteiger partial charge is 0.351 e. The van der Waals surface area contributed by atoms with Crippen molar-refractivity contribution in [1.29, 1.82) is 0 Å². The minimum atomic E-state index is 0.108. The van der Waals surface area contributed by atoms with E-state index in [1.54, 1.807) is 11.3 Å². The molecule has 3 heterocycles. The zero-order valence-electron chi connectivity index (χ0n) is 16.0. The van der Waals surface area contributed by atoms with Crippen LogP contribution in [-0.4, -0.2) is 44.4 Å². The number of piperidine rings is 1. The monoisotopic (exact) mass is 395 g/mol. The molecule has 1 aromatic carbocycles. The van der Waals surface area contributed by atoms with Crippen molar-refractivity contribution in [3.63, 3.8) is 0 Å². The van der Waals surface area contributed by atoms with E-state index < -0.39 is 0 Å². The van der Waals surface area contributed by atoms with Crippen molar-refractivity contribution >= 4 is 17.2 Å². The molecule has 1 aliphatic heterocycles. The summed E-state index contributed by atoms with van der Waals surface area (Å²) in [7, 11) is 0. The SMILES string of the molecule is CC1C(NC(=O)Cc2cccs2)CCCN1Cc1cnnn1-c1ccccc1. The van der Waals surface area contributed by atoms with Gasteiger partial charge in [-0.15, -0.1) is 16.4 Å². The normalized spacial score (nSPS) is 20.2. The van der Waals surface area contributed by atoms with Crippen LogP contribution in [0.25, 0.3) is 5.69 Å². The van der Waals surface area contributed by atoms with Crippen LogP contribution in [-0.2, 0) is 17.8 Å². The first-order valence-electron chi connectivity index (χ1n) is 9.71. The highest BCUT2D eigenvalue weighted by molar-refractivity contribution is 7.10. The highest BCUT2D eigenvalue weighted by atomic mass is 32.1. The molecule has 1 fully saturated rings. The van der Waals surface area contributed by atoms with Gasteiger partial charge in [-0.3, -0.25) is 9.69 Å². The maximum absolute atomic E-state index is 12.4. The number of thiophene rings is 1. The summed E-state index contributed by atoms with van der Waals surface area (Å²) >= 11 is 1.63. The molecule has 0 aliphatic carbocycles. The molecular weight excluding hydrogens is 370 g/mol. The summed E-state index contributed by atoms with van der Waals surface area (Å²) in [5.41, 5.74) is 2.07. The first-order chi connectivity index (χ1) is 13.7. The molecule has 2 unspecified atom stereocenters. The number of para-hydroxylation sites is 1. The lowest BCUT2D eigenvalue weighted by atomic mass is 9.97. The molecule has 28 heavy (non-hydrogen) atoms. The van der Waals surface area contributed by atoms with Crippen molar-refractivity contribution in [2.45, 2.75) is 44.8 Å². The summed E-state index contributed by atoms with van der Waals surface area (Å²) in [6, 6.07) is 14.5. The van der Waals surface area contributed by atoms with Gasteiger partial charge in [0.2, 0.25) is 5.91 Å². The molecule has 1 amide bonds. The molecule has 1 aliphatic rings. The summed E-state index contributed by atoms with van der Waals surface area (Å²) in [6.45, 7) is 3.98. The maximum atomic E-state index is 12.4. The van der Waals surface area contributed by atoms with Crippen LogP contribution in [0.2, 0.25) is 0 Å². The molecule has 0 spiro atoms. The fourth-order valence-electron chi connectivity index (χ4n) is 3.82. The fraction of sp³-hybridized carbons (Fsp3) is 0.381. The van der Waals surface area contributed by atoms with E-state index in [4.69, 9.17) is 0 Å². The Bertz CT molecular complexity index is 893. The van der Waals surface area contributed by atoms with Crippen LogP contribution in [0.1, 0.15) is 30.3 Å². The smallest absolute Gasteiger partial charge is 0.225 e. The quantitative estimate of drug-likeness (QED) is 0.697. The van der Waals surface area contributed by atoms with Crippen LogP contribution in [0.3, 0.4) is 0 Å². The zero-order chi connectivity index (χ0) is 19.3. The van der Waals surface area contributed by atoms with E-state index >= 15 is 0 Å². The Morgan fingerprint density at radius 2 is 2.11 bits per heavy atom. The van der Waals surface area contributed by atoms with Crippen LogP contribution in [0, 0.1) is 0 Å². The van der Waals surface area contributed by atoms with E-state index in [9.17, 15) is 4.79 Å². The molecule has 0 bridgehead atoms. The number of hydrogen-bond donors (Lipinski definition) is 1. The standard InChI is InChI=1S/C21H25N5OS/c1-16-20(23-21(27)13-19-9-6-12-28-19)10-5-11-25(16)15-18-14-22-24-26(18)17-7-3-2-4-8-17/h2-4,6-9,12,14,16,20H,5,10-11,13,15H2,1H3,(H,23,27). The van der Waals surface area contributed by atoms with Gasteiger partial charge in [-0.05, 0) is 49.9 Å². The third kappa shape index (κ3) is 4.31. The maximum Gasteiger partial charge on any atom is 0.225 e. The summed E-state index contributed by atoms with van der Waals surface area (Å²) in [4.78, 5) is 16.0. The van der Waals surface area contributed by atoms with E-state index in [1.165, 1.54) is 0 Å². The van der Waals surface area contributed by atoms with Gasteiger partial charge in [-0.1, -0.05) is 29.5 Å². The second kappa shape index (κ2) is 8.67. The lowest BCUT2D eigenvalue weighted by molar-refractivity contribution is -0.121. The Morgan fingerprint density at radius 1 is 1.25 bits per heavy atom. The third-order valence-corrected chi connectivity index (χ3v) is 6.24. The van der Waals surface area contributed by atoms with Crippen molar-refractivity contribution < 1.29 is 4.79 Å². The highest BCUT2D eigenvalue weighted by Gasteiger charge is 2.29. The summed E-state index contributed by atoms with van der Waals surface area (Å²) in [5.74, 6) is 0.108. The Labute approximate surface area is 169 Å². The first-order valence-corrected chi connectivity index (χ1v) is 10.6. The van der Waals surface area contributed by atoms with Crippen molar-refractivity contribution in [3.8, 4) is 5.69 Å². The zero-order valence-corrected chi connectivity index (χ0v) is 16.8. The molecule has 146 valence electrons. The molecular formula is C21H25N5OS. The molecule has 6 nitrogen and oxygen atoms in total. The second-order valence-corrected chi connectivity index (χ2v) is 8.29. The van der Waals surface area contributed by atoms with Gasteiger partial charge >= 0.3 is 0 Å². The van der Waals surface area contributed by atoms with E-state index in [2.05, 4.69) is 27.5 Å². The van der Waals surface area contributed by atoms with Gasteiger partial charge in [0.05, 0.1) is 24.0 Å². The van der Waals surface area contributed by atoms with Crippen molar-refractivity contribution in [1.82, 2.24) is 25.2 Å². The second-order valence-electron chi connectivity index (χ2n) is 7.26. The van der Waals surface area contributed by atoms with Crippen molar-refractivity contribution in [3.05, 3.63) is 64.6 Å². The van der Waals surface area contributed by atoms with Crippen LogP contribution < -0.4 is 5.32 Å². The van der Waals surface area contributed by atoms with Crippen LogP contribution in [0.15, 0.2) is 54.0 Å². The van der Waals surface area contributed by atoms with Gasteiger partial charge in [-0.2, -0.15) is 0 Å². The predicted octanol–water partition coefficient (Wildman–Crippen LogP) is 3.04. The number of benzene rings is 1. The Hall–Kier alpha value is -2.51. The van der Waals surface area contributed by atoms with Crippen LogP contribution in [0.5, 0.6) is 0 Å². The highest BCUT2D eigenvalue weighted by Crippen LogP contribution is 2.21. The number of carbonyl (C=O) groups excluding carboxylic acids is 1. The van der Waals surface area contributed by atoms with Gasteiger partial charge in [0.1, 0.15) is 0 Å². The van der Waals surface area contributed by atoms with Crippen molar-refractivity contribution in [2.24, 2.45) is 0 Å². The van der Waals surface area contributed by atoms with Crippen molar-refractivity contribution in [2.75, 3.05) is 6.54 Å². The van der Waals surface area contributed by atoms with Gasteiger partial charge in [0.15, 0.2) is 0 Å². The lowest BCUT2D eigenvalue weighted by Crippen LogP contribution is -2.53. The van der Waals surface area contributed by atoms with Gasteiger partial charge < -0.3 is 5.32 Å². The first kappa shape index (κ1) is 18.8. The number of carbonyl (C=O) groups is 1. The number of aromatic nitrogens is 3. The van der Waals surface area contributed by atoms with Gasteiger partial charge in [0.25, 0.3) is 0 Å². The summed E-state index contributed by atoms with van der Waals surface area (Å²) in [5, 5.41) is 13.6. The Morgan fingerprint density at radius 3 is 2.89 bits per heavy atom.